The Balaban J connectivity index is 1.85. The lowest BCUT2D eigenvalue weighted by Gasteiger charge is -2.31. The van der Waals surface area contributed by atoms with Crippen LogP contribution in [0.2, 0.25) is 0 Å². The fourth-order valence-corrected chi connectivity index (χ4v) is 3.67. The van der Waals surface area contributed by atoms with Crippen molar-refractivity contribution in [2.24, 2.45) is 5.41 Å². The first-order valence-corrected chi connectivity index (χ1v) is 10.0. The maximum atomic E-state index is 14.7. The van der Waals surface area contributed by atoms with Gasteiger partial charge in [0.2, 0.25) is 0 Å². The summed E-state index contributed by atoms with van der Waals surface area (Å²) >= 11 is 0. The minimum atomic E-state index is -0.750. The number of nitrogens with one attached hydrogen (secondary N) is 1. The van der Waals surface area contributed by atoms with Gasteiger partial charge in [-0.15, -0.1) is 0 Å². The predicted molar refractivity (Wildman–Crippen MR) is 116 cm³/mol. The Labute approximate surface area is 174 Å². The number of anilines is 2. The molecule has 1 atom stereocenters. The topological polar surface area (TPSA) is 69.2 Å². The third-order valence-electron chi connectivity index (χ3n) is 5.36. The average Bonchev–Trinajstić information content (AvgIpc) is 2.70. The molecule has 0 aliphatic carbocycles. The quantitative estimate of drug-likeness (QED) is 0.603. The molecule has 2 N–H and O–H groups in total. The van der Waals surface area contributed by atoms with Crippen molar-refractivity contribution in [1.29, 1.82) is 0 Å². The standard InChI is InChI=1S/C24H24FN3O2/c1-24(2,3)20(29)13-12-15-7-4-11-19-16(15)8-6-14-28(19)22-21-17(25)9-5-10-18(21)26-23(30)27-22/h4-5,7,9-11,20,29H,6,8,14H2,1-3H3,(H,26,27,30). The second kappa shape index (κ2) is 7.58. The van der Waals surface area contributed by atoms with E-state index in [2.05, 4.69) is 21.8 Å². The minimum Gasteiger partial charge on any atom is -0.380 e. The van der Waals surface area contributed by atoms with Crippen LogP contribution >= 0.6 is 0 Å². The van der Waals surface area contributed by atoms with Gasteiger partial charge in [-0.2, -0.15) is 4.98 Å². The summed E-state index contributed by atoms with van der Waals surface area (Å²) in [4.78, 5) is 20.8. The van der Waals surface area contributed by atoms with Crippen molar-refractivity contribution in [2.45, 2.75) is 39.7 Å². The Morgan fingerprint density at radius 3 is 2.77 bits per heavy atom. The van der Waals surface area contributed by atoms with Crippen molar-refractivity contribution in [3.8, 4) is 11.8 Å². The fourth-order valence-electron chi connectivity index (χ4n) is 3.67. The van der Waals surface area contributed by atoms with E-state index in [4.69, 9.17) is 0 Å². The summed E-state index contributed by atoms with van der Waals surface area (Å²) in [6, 6.07) is 10.4. The number of halogens is 1. The number of nitrogens with zero attached hydrogens (tertiary/aromatic N) is 2. The molecule has 2 heterocycles. The van der Waals surface area contributed by atoms with E-state index in [0.29, 0.717) is 23.3 Å². The molecule has 4 rings (SSSR count). The summed E-state index contributed by atoms with van der Waals surface area (Å²) in [5.74, 6) is 5.95. The maximum absolute atomic E-state index is 14.7. The largest absolute Gasteiger partial charge is 0.380 e. The Hall–Kier alpha value is -3.17. The van der Waals surface area contributed by atoms with Crippen molar-refractivity contribution >= 4 is 22.4 Å². The summed E-state index contributed by atoms with van der Waals surface area (Å²) in [5, 5.41) is 10.6. The first-order chi connectivity index (χ1) is 14.3. The lowest BCUT2D eigenvalue weighted by Crippen LogP contribution is -2.28. The van der Waals surface area contributed by atoms with Crippen LogP contribution in [0.1, 0.15) is 38.3 Å². The number of rotatable bonds is 1. The Morgan fingerprint density at radius 1 is 1.23 bits per heavy atom. The average molecular weight is 405 g/mol. The number of aliphatic hydroxyl groups excluding tert-OH is 1. The molecule has 1 unspecified atom stereocenters. The number of benzene rings is 2. The number of hydrogen-bond acceptors (Lipinski definition) is 4. The summed E-state index contributed by atoms with van der Waals surface area (Å²) in [7, 11) is 0. The van der Waals surface area contributed by atoms with Gasteiger partial charge in [0, 0.05) is 17.8 Å². The monoisotopic (exact) mass is 405 g/mol. The molecule has 0 amide bonds. The van der Waals surface area contributed by atoms with Crippen LogP contribution in [0.25, 0.3) is 10.9 Å². The van der Waals surface area contributed by atoms with Gasteiger partial charge in [0.25, 0.3) is 0 Å². The second-order valence-corrected chi connectivity index (χ2v) is 8.62. The number of hydrogen-bond donors (Lipinski definition) is 2. The molecule has 0 spiro atoms. The Kier molecular flexibility index (Phi) is 5.08. The molecule has 2 aromatic carbocycles. The third kappa shape index (κ3) is 3.69. The lowest BCUT2D eigenvalue weighted by atomic mass is 9.89. The molecule has 5 nitrogen and oxygen atoms in total. The molecule has 0 radical (unpaired) electrons. The van der Waals surface area contributed by atoms with Gasteiger partial charge in [0.05, 0.1) is 10.9 Å². The summed E-state index contributed by atoms with van der Waals surface area (Å²) in [5.41, 5.74) is 2.28. The molecule has 0 saturated heterocycles. The summed E-state index contributed by atoms with van der Waals surface area (Å²) in [6.07, 6.45) is 0.879. The van der Waals surface area contributed by atoms with Crippen molar-refractivity contribution in [3.05, 3.63) is 63.8 Å². The van der Waals surface area contributed by atoms with E-state index < -0.39 is 17.6 Å². The Bertz CT molecular complexity index is 1230. The van der Waals surface area contributed by atoms with Gasteiger partial charge in [0.1, 0.15) is 11.9 Å². The molecule has 1 aliphatic heterocycles. The number of aliphatic hydroxyl groups is 1. The zero-order chi connectivity index (χ0) is 21.5. The number of H-pyrrole nitrogens is 1. The maximum Gasteiger partial charge on any atom is 0.347 e. The van der Waals surface area contributed by atoms with Crippen molar-refractivity contribution < 1.29 is 9.50 Å². The van der Waals surface area contributed by atoms with E-state index in [-0.39, 0.29) is 5.41 Å². The highest BCUT2D eigenvalue weighted by molar-refractivity contribution is 5.92. The van der Waals surface area contributed by atoms with Gasteiger partial charge >= 0.3 is 5.69 Å². The van der Waals surface area contributed by atoms with E-state index in [0.717, 1.165) is 29.7 Å². The minimum absolute atomic E-state index is 0.296. The highest BCUT2D eigenvalue weighted by atomic mass is 19.1. The van der Waals surface area contributed by atoms with Crippen LogP contribution in [-0.4, -0.2) is 27.7 Å². The molecule has 30 heavy (non-hydrogen) atoms. The van der Waals surface area contributed by atoms with Gasteiger partial charge < -0.3 is 15.0 Å². The van der Waals surface area contributed by atoms with Crippen LogP contribution in [0.3, 0.4) is 0 Å². The molecule has 154 valence electrons. The SMILES string of the molecule is CC(C)(C)C(O)C#Cc1cccc2c1CCCN2c1nc(=O)[nH]c2cccc(F)c12. The zero-order valence-electron chi connectivity index (χ0n) is 17.3. The van der Waals surface area contributed by atoms with Gasteiger partial charge in [-0.1, -0.05) is 44.7 Å². The van der Waals surface area contributed by atoms with E-state index in [1.54, 1.807) is 12.1 Å². The van der Waals surface area contributed by atoms with Crippen molar-refractivity contribution in [3.63, 3.8) is 0 Å². The number of aromatic nitrogens is 2. The summed E-state index contributed by atoms with van der Waals surface area (Å²) in [6.45, 7) is 6.43. The van der Waals surface area contributed by atoms with E-state index in [1.807, 2.05) is 43.9 Å². The van der Waals surface area contributed by atoms with Crippen molar-refractivity contribution in [2.75, 3.05) is 11.4 Å². The highest BCUT2D eigenvalue weighted by Crippen LogP contribution is 2.37. The molecule has 0 fully saturated rings. The van der Waals surface area contributed by atoms with E-state index >= 15 is 0 Å². The third-order valence-corrected chi connectivity index (χ3v) is 5.36. The van der Waals surface area contributed by atoms with Crippen LogP contribution in [0.5, 0.6) is 0 Å². The van der Waals surface area contributed by atoms with Crippen LogP contribution in [0.4, 0.5) is 15.9 Å². The van der Waals surface area contributed by atoms with Crippen LogP contribution in [-0.2, 0) is 6.42 Å². The van der Waals surface area contributed by atoms with E-state index in [9.17, 15) is 14.3 Å². The van der Waals surface area contributed by atoms with Gasteiger partial charge in [0.15, 0.2) is 5.82 Å². The molecule has 0 saturated carbocycles. The van der Waals surface area contributed by atoms with Crippen LogP contribution in [0.15, 0.2) is 41.2 Å². The molecular formula is C24H24FN3O2. The van der Waals surface area contributed by atoms with Gasteiger partial charge in [-0.3, -0.25) is 0 Å². The number of fused-ring (bicyclic) bond motifs is 2. The lowest BCUT2D eigenvalue weighted by molar-refractivity contribution is 0.114. The molecule has 1 aliphatic rings. The van der Waals surface area contributed by atoms with Gasteiger partial charge in [-0.05, 0) is 48.1 Å². The fraction of sp³-hybridized carbons (Fsp3) is 0.333. The first kappa shape index (κ1) is 20.1. The van der Waals surface area contributed by atoms with Gasteiger partial charge in [-0.25, -0.2) is 9.18 Å². The smallest absolute Gasteiger partial charge is 0.347 e. The molecule has 3 aromatic rings. The number of aromatic amines is 1. The predicted octanol–water partition coefficient (Wildman–Crippen LogP) is 3.91. The molecule has 1 aromatic heterocycles. The van der Waals surface area contributed by atoms with Crippen LogP contribution < -0.4 is 10.6 Å². The van der Waals surface area contributed by atoms with E-state index in [1.165, 1.54) is 6.07 Å². The normalized spacial score (nSPS) is 14.8. The summed E-state index contributed by atoms with van der Waals surface area (Å²) < 4.78 is 14.7. The van der Waals surface area contributed by atoms with Crippen molar-refractivity contribution in [1.82, 2.24) is 9.97 Å². The highest BCUT2D eigenvalue weighted by Gasteiger charge is 2.25. The molecule has 6 heteroatoms. The zero-order valence-corrected chi connectivity index (χ0v) is 17.3. The molecular weight excluding hydrogens is 381 g/mol. The second-order valence-electron chi connectivity index (χ2n) is 8.62. The molecule has 0 bridgehead atoms. The Morgan fingerprint density at radius 2 is 2.00 bits per heavy atom. The first-order valence-electron chi connectivity index (χ1n) is 10.0. The van der Waals surface area contributed by atoms with Crippen LogP contribution in [0, 0.1) is 23.1 Å².